The molecule has 0 heterocycles. The average molecular weight is 820 g/mol. The smallest absolute Gasteiger partial charge is 0.223 e. The van der Waals surface area contributed by atoms with Crippen molar-refractivity contribution in [3.63, 3.8) is 0 Å². The standard InChI is InChI=1S/C54H109NO3/c1-12-14-16-18-20-22-24-26-28-30-32-34-36-38-40-42-49(43-41-39-37-35-33-31-29-27-25-23-21-19-17-15-13-2)50(56)55-48-52(5,6)46-51(3,4)47-54(9,10)58-45-44-53(7,8)57-11/h49H,12-48H2,1-11H3,(H,55,56). The zero-order valence-corrected chi connectivity index (χ0v) is 42.0. The monoisotopic (exact) mass is 820 g/mol. The highest BCUT2D eigenvalue weighted by Crippen LogP contribution is 2.40. The highest BCUT2D eigenvalue weighted by molar-refractivity contribution is 5.78. The lowest BCUT2D eigenvalue weighted by Gasteiger charge is -2.40. The minimum Gasteiger partial charge on any atom is -0.379 e. The molecule has 0 spiro atoms. The normalized spacial score (nSPS) is 12.9. The van der Waals surface area contributed by atoms with Crippen LogP contribution in [0, 0.1) is 16.7 Å². The van der Waals surface area contributed by atoms with Gasteiger partial charge < -0.3 is 14.8 Å². The second kappa shape index (κ2) is 35.9. The van der Waals surface area contributed by atoms with E-state index in [-0.39, 0.29) is 27.9 Å². The van der Waals surface area contributed by atoms with E-state index in [0.717, 1.165) is 38.6 Å². The number of carbonyl (C=O) groups is 1. The van der Waals surface area contributed by atoms with E-state index in [1.807, 2.05) is 0 Å². The van der Waals surface area contributed by atoms with Crippen molar-refractivity contribution in [3.8, 4) is 0 Å². The van der Waals surface area contributed by atoms with Gasteiger partial charge in [0, 0.05) is 19.6 Å². The lowest BCUT2D eigenvalue weighted by atomic mass is 9.70. The van der Waals surface area contributed by atoms with Crippen molar-refractivity contribution in [1.82, 2.24) is 5.32 Å². The summed E-state index contributed by atoms with van der Waals surface area (Å²) in [6.45, 7) is 24.2. The summed E-state index contributed by atoms with van der Waals surface area (Å²) in [7, 11) is 1.78. The Balaban J connectivity index is 4.72. The summed E-state index contributed by atoms with van der Waals surface area (Å²) in [5.74, 6) is 0.475. The van der Waals surface area contributed by atoms with E-state index in [2.05, 4.69) is 74.6 Å². The Labute approximate surface area is 366 Å². The molecule has 0 aliphatic carbocycles. The van der Waals surface area contributed by atoms with Crippen molar-refractivity contribution in [3.05, 3.63) is 0 Å². The Morgan fingerprint density at radius 3 is 1.10 bits per heavy atom. The van der Waals surface area contributed by atoms with E-state index < -0.39 is 0 Å². The molecule has 58 heavy (non-hydrogen) atoms. The van der Waals surface area contributed by atoms with Crippen molar-refractivity contribution in [2.45, 2.75) is 305 Å². The number of unbranched alkanes of at least 4 members (excludes halogenated alkanes) is 28. The van der Waals surface area contributed by atoms with Gasteiger partial charge in [0.25, 0.3) is 0 Å². The molecule has 0 aromatic heterocycles. The van der Waals surface area contributed by atoms with Gasteiger partial charge >= 0.3 is 0 Å². The summed E-state index contributed by atoms with van der Waals surface area (Å²) in [6.07, 6.45) is 46.5. The summed E-state index contributed by atoms with van der Waals surface area (Å²) in [4.78, 5) is 13.8. The first-order chi connectivity index (χ1) is 27.6. The summed E-state index contributed by atoms with van der Waals surface area (Å²) < 4.78 is 12.0. The fraction of sp³-hybridized carbons (Fsp3) is 0.981. The van der Waals surface area contributed by atoms with Gasteiger partial charge in [0.2, 0.25) is 5.91 Å². The second-order valence-electron chi connectivity index (χ2n) is 21.9. The van der Waals surface area contributed by atoms with Crippen molar-refractivity contribution in [2.24, 2.45) is 16.7 Å². The molecule has 348 valence electrons. The molecule has 0 aliphatic heterocycles. The fourth-order valence-electron chi connectivity index (χ4n) is 9.70. The van der Waals surface area contributed by atoms with Crippen LogP contribution in [-0.4, -0.2) is 37.4 Å². The SMILES string of the molecule is CCCCCCCCCCCCCCCCCC(CCCCCCCCCCCCCCCCC)C(=O)NCC(C)(C)CC(C)(C)CC(C)(C)OCCC(C)(C)OC. The molecule has 4 nitrogen and oxygen atoms in total. The number of rotatable bonds is 44. The molecule has 4 heteroatoms. The Morgan fingerprint density at radius 2 is 0.776 bits per heavy atom. The lowest BCUT2D eigenvalue weighted by Crippen LogP contribution is -2.41. The third-order valence-corrected chi connectivity index (χ3v) is 13.0. The van der Waals surface area contributed by atoms with Crippen LogP contribution in [-0.2, 0) is 14.3 Å². The van der Waals surface area contributed by atoms with Crippen LogP contribution in [0.5, 0.6) is 0 Å². The number of hydrogen-bond acceptors (Lipinski definition) is 3. The topological polar surface area (TPSA) is 47.6 Å². The maximum Gasteiger partial charge on any atom is 0.223 e. The molecule has 0 aromatic rings. The molecule has 0 rings (SSSR count). The van der Waals surface area contributed by atoms with Crippen molar-refractivity contribution in [1.29, 1.82) is 0 Å². The van der Waals surface area contributed by atoms with E-state index in [1.165, 1.54) is 193 Å². The second-order valence-corrected chi connectivity index (χ2v) is 21.9. The molecule has 0 radical (unpaired) electrons. The van der Waals surface area contributed by atoms with Crippen molar-refractivity contribution >= 4 is 5.91 Å². The van der Waals surface area contributed by atoms with E-state index in [9.17, 15) is 4.79 Å². The number of ether oxygens (including phenoxy) is 2. The van der Waals surface area contributed by atoms with Crippen LogP contribution >= 0.6 is 0 Å². The van der Waals surface area contributed by atoms with Crippen molar-refractivity contribution in [2.75, 3.05) is 20.3 Å². The van der Waals surface area contributed by atoms with Crippen LogP contribution in [0.15, 0.2) is 0 Å². The zero-order chi connectivity index (χ0) is 43.4. The van der Waals surface area contributed by atoms with E-state index >= 15 is 0 Å². The van der Waals surface area contributed by atoms with E-state index in [0.29, 0.717) is 12.5 Å². The number of amides is 1. The number of nitrogens with one attached hydrogen (secondary N) is 1. The number of carbonyl (C=O) groups excluding carboxylic acids is 1. The van der Waals surface area contributed by atoms with E-state index in [1.54, 1.807) is 7.11 Å². The van der Waals surface area contributed by atoms with Gasteiger partial charge in [-0.25, -0.2) is 0 Å². The third-order valence-electron chi connectivity index (χ3n) is 13.0. The first-order valence-corrected chi connectivity index (χ1v) is 26.1. The first-order valence-electron chi connectivity index (χ1n) is 26.1. The molecule has 0 unspecified atom stereocenters. The molecule has 0 bridgehead atoms. The zero-order valence-electron chi connectivity index (χ0n) is 42.0. The van der Waals surface area contributed by atoms with Crippen LogP contribution in [0.1, 0.15) is 294 Å². The van der Waals surface area contributed by atoms with Gasteiger partial charge in [-0.15, -0.1) is 0 Å². The van der Waals surface area contributed by atoms with Crippen LogP contribution < -0.4 is 5.32 Å². The van der Waals surface area contributed by atoms with Gasteiger partial charge in [-0.3, -0.25) is 4.79 Å². The molecule has 1 N–H and O–H groups in total. The van der Waals surface area contributed by atoms with Crippen LogP contribution in [0.3, 0.4) is 0 Å². The van der Waals surface area contributed by atoms with Gasteiger partial charge in [0.15, 0.2) is 0 Å². The Morgan fingerprint density at radius 1 is 0.448 bits per heavy atom. The summed E-state index contributed by atoms with van der Waals surface area (Å²) in [6, 6.07) is 0. The summed E-state index contributed by atoms with van der Waals surface area (Å²) in [5, 5.41) is 3.49. The quantitative estimate of drug-likeness (QED) is 0.0623. The molecule has 0 fully saturated rings. The molecular formula is C54H109NO3. The first kappa shape index (κ1) is 57.4. The molecular weight excluding hydrogens is 711 g/mol. The predicted octanol–water partition coefficient (Wildman–Crippen LogP) is 17.7. The highest BCUT2D eigenvalue weighted by atomic mass is 16.5. The minimum absolute atomic E-state index is 0.0150. The fourth-order valence-corrected chi connectivity index (χ4v) is 9.70. The largest absolute Gasteiger partial charge is 0.379 e. The van der Waals surface area contributed by atoms with Gasteiger partial charge in [0.05, 0.1) is 17.8 Å². The molecule has 1 amide bonds. The number of methoxy groups -OCH3 is 1. The Hall–Kier alpha value is -0.610. The Bertz CT molecular complexity index is 874. The van der Waals surface area contributed by atoms with Gasteiger partial charge in [-0.05, 0) is 70.6 Å². The van der Waals surface area contributed by atoms with Gasteiger partial charge in [-0.1, -0.05) is 234 Å². The van der Waals surface area contributed by atoms with Crippen LogP contribution in [0.4, 0.5) is 0 Å². The number of hydrogen-bond donors (Lipinski definition) is 1. The Kier molecular flexibility index (Phi) is 35.6. The third kappa shape index (κ3) is 37.2. The molecule has 0 aliphatic rings. The van der Waals surface area contributed by atoms with Crippen LogP contribution in [0.2, 0.25) is 0 Å². The van der Waals surface area contributed by atoms with Gasteiger partial charge in [0.1, 0.15) is 0 Å². The minimum atomic E-state index is -0.210. The lowest BCUT2D eigenvalue weighted by molar-refractivity contribution is -0.126. The predicted molar refractivity (Wildman–Crippen MR) is 258 cm³/mol. The molecule has 0 atom stereocenters. The maximum atomic E-state index is 13.8. The van der Waals surface area contributed by atoms with Crippen LogP contribution in [0.25, 0.3) is 0 Å². The van der Waals surface area contributed by atoms with Crippen molar-refractivity contribution < 1.29 is 14.3 Å². The molecule has 0 aromatic carbocycles. The molecule has 0 saturated heterocycles. The highest BCUT2D eigenvalue weighted by Gasteiger charge is 2.35. The summed E-state index contributed by atoms with van der Waals surface area (Å²) in [5.41, 5.74) is -0.267. The van der Waals surface area contributed by atoms with E-state index in [4.69, 9.17) is 9.47 Å². The van der Waals surface area contributed by atoms with Gasteiger partial charge in [-0.2, -0.15) is 0 Å². The summed E-state index contributed by atoms with van der Waals surface area (Å²) >= 11 is 0. The molecule has 0 saturated carbocycles. The maximum absolute atomic E-state index is 13.8. The average Bonchev–Trinajstić information content (AvgIpc) is 3.15.